The van der Waals surface area contributed by atoms with Crippen molar-refractivity contribution in [3.05, 3.63) is 57.8 Å². The number of hydrogen-bond acceptors (Lipinski definition) is 4. The third kappa shape index (κ3) is 3.95. The average molecular weight is 389 g/mol. The molecular weight excluding hydrogens is 368 g/mol. The molecule has 3 amide bonds. The highest BCUT2D eigenvalue weighted by Gasteiger charge is 2.31. The third-order valence-corrected chi connectivity index (χ3v) is 4.98. The highest BCUT2D eigenvalue weighted by atomic mass is 35.5. The smallest absolute Gasteiger partial charge is 0.319 e. The predicted molar refractivity (Wildman–Crippen MR) is 101 cm³/mol. The lowest BCUT2D eigenvalue weighted by Crippen LogP contribution is -2.47. The van der Waals surface area contributed by atoms with Gasteiger partial charge in [0.1, 0.15) is 0 Å². The highest BCUT2D eigenvalue weighted by molar-refractivity contribution is 6.31. The molecule has 0 aromatic carbocycles. The van der Waals surface area contributed by atoms with Crippen LogP contribution < -0.4 is 16.0 Å². The normalized spacial score (nSPS) is 16.7. The fourth-order valence-electron chi connectivity index (χ4n) is 3.05. The quantitative estimate of drug-likeness (QED) is 0.729. The Morgan fingerprint density at radius 1 is 1.37 bits per heavy atom. The SMILES string of the molecule is CC1=C(C(=O)NCCn2nc(C)c(Cl)c2C)[C@H](c2cccnc2)NC(=O)N1. The molecule has 2 aromatic heterocycles. The number of nitrogens with zero attached hydrogens (tertiary/aromatic N) is 3. The second-order valence-electron chi connectivity index (χ2n) is 6.32. The molecule has 3 rings (SSSR count). The van der Waals surface area contributed by atoms with Crippen LogP contribution in [0.2, 0.25) is 5.02 Å². The Kier molecular flexibility index (Phi) is 5.46. The Morgan fingerprint density at radius 3 is 2.78 bits per heavy atom. The van der Waals surface area contributed by atoms with Gasteiger partial charge in [0.05, 0.1) is 34.6 Å². The van der Waals surface area contributed by atoms with Crippen LogP contribution in [-0.4, -0.2) is 33.2 Å². The summed E-state index contributed by atoms with van der Waals surface area (Å²) in [5.41, 5.74) is 3.32. The van der Waals surface area contributed by atoms with Gasteiger partial charge in [-0.3, -0.25) is 14.5 Å². The van der Waals surface area contributed by atoms with E-state index in [0.717, 1.165) is 17.0 Å². The molecule has 9 heteroatoms. The minimum atomic E-state index is -0.560. The van der Waals surface area contributed by atoms with Gasteiger partial charge in [-0.1, -0.05) is 17.7 Å². The van der Waals surface area contributed by atoms with Gasteiger partial charge in [0.15, 0.2) is 0 Å². The van der Waals surface area contributed by atoms with Crippen molar-refractivity contribution >= 4 is 23.5 Å². The van der Waals surface area contributed by atoms with Gasteiger partial charge >= 0.3 is 6.03 Å². The lowest BCUT2D eigenvalue weighted by atomic mass is 9.96. The molecule has 0 aliphatic carbocycles. The van der Waals surface area contributed by atoms with Gasteiger partial charge in [0.25, 0.3) is 5.91 Å². The van der Waals surface area contributed by atoms with Crippen molar-refractivity contribution in [1.82, 2.24) is 30.7 Å². The van der Waals surface area contributed by atoms with Crippen molar-refractivity contribution in [2.24, 2.45) is 0 Å². The lowest BCUT2D eigenvalue weighted by Gasteiger charge is -2.28. The van der Waals surface area contributed by atoms with Crippen LogP contribution in [0.5, 0.6) is 0 Å². The summed E-state index contributed by atoms with van der Waals surface area (Å²) >= 11 is 6.15. The van der Waals surface area contributed by atoms with E-state index in [0.29, 0.717) is 29.4 Å². The molecule has 1 aliphatic heterocycles. The van der Waals surface area contributed by atoms with Gasteiger partial charge in [-0.25, -0.2) is 4.79 Å². The maximum atomic E-state index is 12.8. The fourth-order valence-corrected chi connectivity index (χ4v) is 3.19. The minimum Gasteiger partial charge on any atom is -0.350 e. The van der Waals surface area contributed by atoms with Crippen LogP contribution in [0.3, 0.4) is 0 Å². The van der Waals surface area contributed by atoms with Crippen LogP contribution in [0.15, 0.2) is 35.8 Å². The molecule has 0 saturated carbocycles. The summed E-state index contributed by atoms with van der Waals surface area (Å²) in [5, 5.41) is 13.3. The van der Waals surface area contributed by atoms with Crippen LogP contribution in [0.1, 0.15) is 29.9 Å². The summed E-state index contributed by atoms with van der Waals surface area (Å²) in [6.45, 7) is 6.30. The Hall–Kier alpha value is -2.87. The van der Waals surface area contributed by atoms with E-state index in [9.17, 15) is 9.59 Å². The third-order valence-electron chi connectivity index (χ3n) is 4.43. The van der Waals surface area contributed by atoms with Crippen LogP contribution >= 0.6 is 11.6 Å². The summed E-state index contributed by atoms with van der Waals surface area (Å²) in [4.78, 5) is 28.7. The molecule has 2 aromatic rings. The fraction of sp³-hybridized carbons (Fsp3) is 0.333. The minimum absolute atomic E-state index is 0.263. The van der Waals surface area contributed by atoms with E-state index >= 15 is 0 Å². The van der Waals surface area contributed by atoms with Gasteiger partial charge < -0.3 is 16.0 Å². The summed E-state index contributed by atoms with van der Waals surface area (Å²) in [6, 6.07) is 2.67. The zero-order chi connectivity index (χ0) is 19.6. The second kappa shape index (κ2) is 7.79. The zero-order valence-corrected chi connectivity index (χ0v) is 16.1. The van der Waals surface area contributed by atoms with Crippen molar-refractivity contribution in [2.45, 2.75) is 33.4 Å². The molecule has 0 bridgehead atoms. The van der Waals surface area contributed by atoms with E-state index < -0.39 is 6.04 Å². The first-order chi connectivity index (χ1) is 12.9. The van der Waals surface area contributed by atoms with E-state index in [-0.39, 0.29) is 11.9 Å². The molecule has 8 nitrogen and oxygen atoms in total. The number of pyridine rings is 1. The van der Waals surface area contributed by atoms with E-state index in [4.69, 9.17) is 11.6 Å². The topological polar surface area (TPSA) is 101 Å². The number of nitrogens with one attached hydrogen (secondary N) is 3. The summed E-state index contributed by atoms with van der Waals surface area (Å²) in [5.74, 6) is -0.263. The Morgan fingerprint density at radius 2 is 2.15 bits per heavy atom. The van der Waals surface area contributed by atoms with Crippen LogP contribution in [0.4, 0.5) is 4.79 Å². The number of amides is 3. The first-order valence-corrected chi connectivity index (χ1v) is 8.92. The van der Waals surface area contributed by atoms with E-state index in [1.165, 1.54) is 0 Å². The largest absolute Gasteiger partial charge is 0.350 e. The molecule has 3 heterocycles. The van der Waals surface area contributed by atoms with Crippen LogP contribution in [0, 0.1) is 13.8 Å². The summed E-state index contributed by atoms with van der Waals surface area (Å²) in [6.07, 6.45) is 3.27. The molecule has 0 unspecified atom stereocenters. The molecule has 1 aliphatic rings. The average Bonchev–Trinajstić information content (AvgIpc) is 2.88. The highest BCUT2D eigenvalue weighted by Crippen LogP contribution is 2.26. The molecular formula is C18H21ClN6O2. The zero-order valence-electron chi connectivity index (χ0n) is 15.3. The van der Waals surface area contributed by atoms with Crippen molar-refractivity contribution in [1.29, 1.82) is 0 Å². The first kappa shape index (κ1) is 18.9. The monoisotopic (exact) mass is 388 g/mol. The molecule has 0 radical (unpaired) electrons. The van der Waals surface area contributed by atoms with Gasteiger partial charge in [-0.15, -0.1) is 0 Å². The number of aromatic nitrogens is 3. The van der Waals surface area contributed by atoms with Gasteiger partial charge in [-0.2, -0.15) is 5.10 Å². The number of urea groups is 1. The molecule has 0 saturated heterocycles. The van der Waals surface area contributed by atoms with Crippen molar-refractivity contribution in [3.63, 3.8) is 0 Å². The van der Waals surface area contributed by atoms with E-state index in [2.05, 4.69) is 26.0 Å². The Labute approximate surface area is 162 Å². The Balaban J connectivity index is 1.74. The van der Waals surface area contributed by atoms with Gasteiger partial charge in [0.2, 0.25) is 0 Å². The lowest BCUT2D eigenvalue weighted by molar-refractivity contribution is -0.118. The number of rotatable bonds is 5. The molecule has 1 atom stereocenters. The maximum absolute atomic E-state index is 12.8. The number of carbonyl (C=O) groups is 2. The number of halogens is 1. The molecule has 0 fully saturated rings. The Bertz CT molecular complexity index is 906. The maximum Gasteiger partial charge on any atom is 0.319 e. The molecule has 3 N–H and O–H groups in total. The number of allylic oxidation sites excluding steroid dienone is 1. The molecule has 27 heavy (non-hydrogen) atoms. The standard InChI is InChI=1S/C18H21ClN6O2/c1-10-14(16(23-18(27)22-10)13-5-4-6-20-9-13)17(26)21-7-8-25-12(3)15(19)11(2)24-25/h4-6,9,16H,7-8H2,1-3H3,(H,21,26)(H2,22,23,27)/t16-/m0/s1. The first-order valence-electron chi connectivity index (χ1n) is 8.54. The summed E-state index contributed by atoms with van der Waals surface area (Å²) in [7, 11) is 0. The number of hydrogen-bond donors (Lipinski definition) is 3. The van der Waals surface area contributed by atoms with Crippen molar-refractivity contribution in [3.8, 4) is 0 Å². The van der Waals surface area contributed by atoms with Gasteiger partial charge in [-0.05, 0) is 32.4 Å². The summed E-state index contributed by atoms with van der Waals surface area (Å²) < 4.78 is 1.76. The molecule has 0 spiro atoms. The number of carbonyl (C=O) groups excluding carboxylic acids is 2. The van der Waals surface area contributed by atoms with Gasteiger partial charge in [0, 0.05) is 24.6 Å². The molecule has 142 valence electrons. The van der Waals surface area contributed by atoms with Crippen molar-refractivity contribution < 1.29 is 9.59 Å². The van der Waals surface area contributed by atoms with Crippen molar-refractivity contribution in [2.75, 3.05) is 6.54 Å². The van der Waals surface area contributed by atoms with E-state index in [1.807, 2.05) is 19.9 Å². The van der Waals surface area contributed by atoms with Crippen LogP contribution in [-0.2, 0) is 11.3 Å². The number of aryl methyl sites for hydroxylation is 1. The second-order valence-corrected chi connectivity index (χ2v) is 6.70. The van der Waals surface area contributed by atoms with E-state index in [1.54, 1.807) is 30.1 Å². The predicted octanol–water partition coefficient (Wildman–Crippen LogP) is 1.99. The van der Waals surface area contributed by atoms with Crippen LogP contribution in [0.25, 0.3) is 0 Å².